The molecule has 1 saturated carbocycles. The lowest BCUT2D eigenvalue weighted by Gasteiger charge is -2.07. The van der Waals surface area contributed by atoms with Gasteiger partial charge in [0.2, 0.25) is 0 Å². The Labute approximate surface area is 176 Å². The lowest BCUT2D eigenvalue weighted by atomic mass is 10.1. The Bertz CT molecular complexity index is 1470. The van der Waals surface area contributed by atoms with E-state index in [1.807, 2.05) is 47.3 Å². The SMILES string of the molecule is Cc1ncc(-c2csc3ccn([C@@H]4C[C@@H]4c4ccc5ccccc5n4)c(=O)c23)cn1. The average molecular weight is 411 g/mol. The van der Waals surface area contributed by atoms with Crippen LogP contribution in [0.5, 0.6) is 0 Å². The fourth-order valence-electron chi connectivity index (χ4n) is 4.16. The van der Waals surface area contributed by atoms with E-state index < -0.39 is 0 Å². The molecule has 146 valence electrons. The zero-order chi connectivity index (χ0) is 20.2. The highest BCUT2D eigenvalue weighted by Crippen LogP contribution is 2.50. The summed E-state index contributed by atoms with van der Waals surface area (Å²) in [5, 5.41) is 3.92. The summed E-state index contributed by atoms with van der Waals surface area (Å²) < 4.78 is 2.88. The van der Waals surface area contributed by atoms with E-state index in [-0.39, 0.29) is 17.5 Å². The Kier molecular flexibility index (Phi) is 3.83. The Morgan fingerprint density at radius 2 is 1.90 bits per heavy atom. The molecular formula is C24H18N4OS. The van der Waals surface area contributed by atoms with Gasteiger partial charge in [-0.05, 0) is 31.5 Å². The summed E-state index contributed by atoms with van der Waals surface area (Å²) in [6, 6.07) is 14.5. The molecule has 5 nitrogen and oxygen atoms in total. The molecule has 1 aliphatic rings. The number of para-hydroxylation sites is 1. The molecule has 0 saturated heterocycles. The van der Waals surface area contributed by atoms with Crippen LogP contribution in [0, 0.1) is 6.92 Å². The van der Waals surface area contributed by atoms with Crippen LogP contribution < -0.4 is 5.56 Å². The van der Waals surface area contributed by atoms with Crippen molar-refractivity contribution in [3.8, 4) is 11.1 Å². The van der Waals surface area contributed by atoms with E-state index >= 15 is 0 Å². The van der Waals surface area contributed by atoms with Crippen molar-refractivity contribution in [3.05, 3.63) is 88.3 Å². The number of aryl methyl sites for hydroxylation is 1. The number of hydrogen-bond acceptors (Lipinski definition) is 5. The zero-order valence-electron chi connectivity index (χ0n) is 16.3. The predicted octanol–water partition coefficient (Wildman–Crippen LogP) is 5.11. The van der Waals surface area contributed by atoms with Gasteiger partial charge in [-0.2, -0.15) is 0 Å². The number of aromatic nitrogens is 4. The number of thiophene rings is 1. The van der Waals surface area contributed by atoms with Crippen LogP contribution in [0.15, 0.2) is 71.2 Å². The topological polar surface area (TPSA) is 60.7 Å². The van der Waals surface area contributed by atoms with Gasteiger partial charge in [-0.15, -0.1) is 11.3 Å². The smallest absolute Gasteiger partial charge is 0.260 e. The largest absolute Gasteiger partial charge is 0.311 e. The molecular weight excluding hydrogens is 392 g/mol. The molecule has 0 N–H and O–H groups in total. The first kappa shape index (κ1) is 17.5. The monoisotopic (exact) mass is 410 g/mol. The highest BCUT2D eigenvalue weighted by Gasteiger charge is 2.41. The van der Waals surface area contributed by atoms with Gasteiger partial charge in [-0.25, -0.2) is 9.97 Å². The highest BCUT2D eigenvalue weighted by molar-refractivity contribution is 7.17. The maximum absolute atomic E-state index is 13.4. The van der Waals surface area contributed by atoms with E-state index in [1.165, 1.54) is 0 Å². The molecule has 6 rings (SSSR count). The van der Waals surface area contributed by atoms with E-state index in [4.69, 9.17) is 4.98 Å². The molecule has 5 aromatic rings. The van der Waals surface area contributed by atoms with Crippen molar-refractivity contribution in [2.75, 3.05) is 0 Å². The van der Waals surface area contributed by atoms with Gasteiger partial charge in [0, 0.05) is 62.8 Å². The van der Waals surface area contributed by atoms with Crippen molar-refractivity contribution >= 4 is 32.3 Å². The third-order valence-corrected chi connectivity index (χ3v) is 6.81. The van der Waals surface area contributed by atoms with Gasteiger partial charge in [-0.1, -0.05) is 24.3 Å². The predicted molar refractivity (Wildman–Crippen MR) is 120 cm³/mol. The summed E-state index contributed by atoms with van der Waals surface area (Å²) in [5.74, 6) is 0.994. The van der Waals surface area contributed by atoms with E-state index in [1.54, 1.807) is 23.7 Å². The maximum Gasteiger partial charge on any atom is 0.260 e. The van der Waals surface area contributed by atoms with Crippen molar-refractivity contribution in [3.63, 3.8) is 0 Å². The molecule has 6 heteroatoms. The lowest BCUT2D eigenvalue weighted by Crippen LogP contribution is -2.18. The van der Waals surface area contributed by atoms with Crippen molar-refractivity contribution in [2.45, 2.75) is 25.3 Å². The zero-order valence-corrected chi connectivity index (χ0v) is 17.1. The Morgan fingerprint density at radius 1 is 1.07 bits per heavy atom. The first-order valence-corrected chi connectivity index (χ1v) is 10.8. The summed E-state index contributed by atoms with van der Waals surface area (Å²) >= 11 is 1.59. The standard InChI is InChI=1S/C24H18N4OS/c1-14-25-11-16(12-26-14)18-13-30-22-8-9-28(24(29)23(18)22)21-10-17(21)20-7-6-15-4-2-3-5-19(15)27-20/h2-9,11-13,17,21H,10H2,1H3/t17-,21-/m1/s1. The molecule has 0 unspecified atom stereocenters. The van der Waals surface area contributed by atoms with Gasteiger partial charge >= 0.3 is 0 Å². The summed E-state index contributed by atoms with van der Waals surface area (Å²) in [7, 11) is 0. The number of rotatable bonds is 3. The minimum Gasteiger partial charge on any atom is -0.311 e. The van der Waals surface area contributed by atoms with Crippen LogP contribution in [0.4, 0.5) is 0 Å². The minimum atomic E-state index is 0.0533. The van der Waals surface area contributed by atoms with Crippen LogP contribution >= 0.6 is 11.3 Å². The van der Waals surface area contributed by atoms with Crippen LogP contribution in [0.1, 0.15) is 29.9 Å². The van der Waals surface area contributed by atoms with Gasteiger partial charge in [0.1, 0.15) is 5.82 Å². The minimum absolute atomic E-state index is 0.0533. The number of benzene rings is 1. The van der Waals surface area contributed by atoms with Gasteiger partial charge in [0.15, 0.2) is 0 Å². The number of hydrogen-bond donors (Lipinski definition) is 0. The summed E-state index contributed by atoms with van der Waals surface area (Å²) in [6.07, 6.45) is 6.45. The third-order valence-electron chi connectivity index (χ3n) is 5.86. The second-order valence-electron chi connectivity index (χ2n) is 7.77. The van der Waals surface area contributed by atoms with Crippen molar-refractivity contribution in [2.24, 2.45) is 0 Å². The normalized spacial score (nSPS) is 18.2. The molecule has 0 amide bonds. The molecule has 1 aromatic carbocycles. The van der Waals surface area contributed by atoms with Gasteiger partial charge in [0.05, 0.1) is 10.9 Å². The maximum atomic E-state index is 13.4. The van der Waals surface area contributed by atoms with Gasteiger partial charge < -0.3 is 4.57 Å². The molecule has 1 fully saturated rings. The molecule has 4 heterocycles. The van der Waals surface area contributed by atoms with Crippen molar-refractivity contribution in [1.29, 1.82) is 0 Å². The lowest BCUT2D eigenvalue weighted by molar-refractivity contribution is 0.688. The molecule has 2 atom stereocenters. The quantitative estimate of drug-likeness (QED) is 0.415. The fraction of sp³-hybridized carbons (Fsp3) is 0.167. The van der Waals surface area contributed by atoms with E-state index in [0.29, 0.717) is 0 Å². The van der Waals surface area contributed by atoms with E-state index in [0.717, 1.165) is 50.1 Å². The van der Waals surface area contributed by atoms with Crippen LogP contribution in [0.25, 0.3) is 32.1 Å². The van der Waals surface area contributed by atoms with Crippen LogP contribution in [-0.2, 0) is 0 Å². The van der Waals surface area contributed by atoms with E-state index in [2.05, 4.69) is 28.2 Å². The molecule has 4 aromatic heterocycles. The van der Waals surface area contributed by atoms with Crippen LogP contribution in [-0.4, -0.2) is 19.5 Å². The number of fused-ring (bicyclic) bond motifs is 2. The summed E-state index contributed by atoms with van der Waals surface area (Å²) in [4.78, 5) is 26.9. The van der Waals surface area contributed by atoms with Crippen molar-refractivity contribution < 1.29 is 0 Å². The molecule has 0 radical (unpaired) electrons. The second kappa shape index (κ2) is 6.57. The van der Waals surface area contributed by atoms with Gasteiger partial charge in [0.25, 0.3) is 5.56 Å². The molecule has 0 aliphatic heterocycles. The van der Waals surface area contributed by atoms with Gasteiger partial charge in [-0.3, -0.25) is 9.78 Å². The first-order valence-electron chi connectivity index (χ1n) is 9.96. The number of nitrogens with zero attached hydrogens (tertiary/aromatic N) is 4. The molecule has 1 aliphatic carbocycles. The van der Waals surface area contributed by atoms with Crippen LogP contribution in [0.3, 0.4) is 0 Å². The number of pyridine rings is 2. The first-order chi connectivity index (χ1) is 14.7. The molecule has 0 bridgehead atoms. The second-order valence-corrected chi connectivity index (χ2v) is 8.69. The van der Waals surface area contributed by atoms with Crippen LogP contribution in [0.2, 0.25) is 0 Å². The summed E-state index contributed by atoms with van der Waals surface area (Å²) in [5.41, 5.74) is 3.91. The Hall–Kier alpha value is -3.38. The Morgan fingerprint density at radius 3 is 2.77 bits per heavy atom. The molecule has 30 heavy (non-hydrogen) atoms. The van der Waals surface area contributed by atoms with E-state index in [9.17, 15) is 4.79 Å². The van der Waals surface area contributed by atoms with Crippen molar-refractivity contribution in [1.82, 2.24) is 19.5 Å². The fourth-order valence-corrected chi connectivity index (χ4v) is 5.11. The molecule has 0 spiro atoms. The average Bonchev–Trinajstić information content (AvgIpc) is 3.44. The highest BCUT2D eigenvalue weighted by atomic mass is 32.1. The Balaban J connectivity index is 1.40. The third kappa shape index (κ3) is 2.75. The summed E-state index contributed by atoms with van der Waals surface area (Å²) in [6.45, 7) is 1.86.